The standard InChI is InChI=1S/C12H12BrNOS/c1-12(2,15)11-14-10(7-16-11)8-5-3-4-6-9(8)13/h3-7,15H,1-2H3. The van der Waals surface area contributed by atoms with Crippen LogP contribution in [0, 0.1) is 0 Å². The molecule has 1 N–H and O–H groups in total. The molecule has 84 valence electrons. The van der Waals surface area contributed by atoms with Crippen molar-refractivity contribution in [3.63, 3.8) is 0 Å². The van der Waals surface area contributed by atoms with Crippen molar-refractivity contribution < 1.29 is 5.11 Å². The highest BCUT2D eigenvalue weighted by molar-refractivity contribution is 9.10. The molecule has 1 aromatic carbocycles. The maximum absolute atomic E-state index is 9.85. The Labute approximate surface area is 107 Å². The zero-order valence-corrected chi connectivity index (χ0v) is 11.5. The van der Waals surface area contributed by atoms with Gasteiger partial charge in [-0.15, -0.1) is 11.3 Å². The van der Waals surface area contributed by atoms with Gasteiger partial charge in [0.25, 0.3) is 0 Å². The fraction of sp³-hybridized carbons (Fsp3) is 0.250. The van der Waals surface area contributed by atoms with Crippen molar-refractivity contribution in [1.29, 1.82) is 0 Å². The maximum Gasteiger partial charge on any atom is 0.124 e. The van der Waals surface area contributed by atoms with E-state index in [-0.39, 0.29) is 0 Å². The smallest absolute Gasteiger partial charge is 0.124 e. The van der Waals surface area contributed by atoms with Gasteiger partial charge in [0, 0.05) is 15.4 Å². The van der Waals surface area contributed by atoms with Crippen LogP contribution in [0.25, 0.3) is 11.3 Å². The molecular weight excluding hydrogens is 286 g/mol. The molecule has 1 aromatic heterocycles. The average molecular weight is 298 g/mol. The minimum atomic E-state index is -0.871. The van der Waals surface area contributed by atoms with Gasteiger partial charge in [-0.05, 0) is 19.9 Å². The van der Waals surface area contributed by atoms with Crippen molar-refractivity contribution in [1.82, 2.24) is 4.98 Å². The van der Waals surface area contributed by atoms with Crippen molar-refractivity contribution in [3.8, 4) is 11.3 Å². The van der Waals surface area contributed by atoms with Gasteiger partial charge in [0.05, 0.1) is 5.69 Å². The normalized spacial score (nSPS) is 11.8. The van der Waals surface area contributed by atoms with Crippen LogP contribution in [0.4, 0.5) is 0 Å². The summed E-state index contributed by atoms with van der Waals surface area (Å²) >= 11 is 4.97. The van der Waals surface area contributed by atoms with Gasteiger partial charge in [-0.3, -0.25) is 0 Å². The molecule has 0 spiro atoms. The quantitative estimate of drug-likeness (QED) is 0.914. The Morgan fingerprint density at radius 2 is 2.00 bits per heavy atom. The molecule has 0 unspecified atom stereocenters. The molecule has 0 fully saturated rings. The molecule has 0 bridgehead atoms. The van der Waals surface area contributed by atoms with Crippen molar-refractivity contribution >= 4 is 27.3 Å². The number of hydrogen-bond donors (Lipinski definition) is 1. The molecule has 4 heteroatoms. The number of thiazole rings is 1. The summed E-state index contributed by atoms with van der Waals surface area (Å²) in [7, 11) is 0. The van der Waals surface area contributed by atoms with Crippen LogP contribution in [0.15, 0.2) is 34.1 Å². The van der Waals surface area contributed by atoms with E-state index in [0.717, 1.165) is 20.7 Å². The summed E-state index contributed by atoms with van der Waals surface area (Å²) < 4.78 is 1.02. The van der Waals surface area contributed by atoms with Crippen molar-refractivity contribution in [2.75, 3.05) is 0 Å². The fourth-order valence-corrected chi connectivity index (χ4v) is 2.68. The number of aromatic nitrogens is 1. The van der Waals surface area contributed by atoms with Gasteiger partial charge in [0.2, 0.25) is 0 Å². The Morgan fingerprint density at radius 1 is 1.31 bits per heavy atom. The van der Waals surface area contributed by atoms with Gasteiger partial charge in [0.15, 0.2) is 0 Å². The highest BCUT2D eigenvalue weighted by atomic mass is 79.9. The second kappa shape index (κ2) is 4.28. The molecule has 0 saturated heterocycles. The van der Waals surface area contributed by atoms with Gasteiger partial charge >= 0.3 is 0 Å². The van der Waals surface area contributed by atoms with Gasteiger partial charge in [-0.1, -0.05) is 34.1 Å². The zero-order valence-electron chi connectivity index (χ0n) is 9.07. The van der Waals surface area contributed by atoms with Crippen LogP contribution in [0.3, 0.4) is 0 Å². The first-order valence-corrected chi connectivity index (χ1v) is 6.59. The number of halogens is 1. The van der Waals surface area contributed by atoms with E-state index < -0.39 is 5.60 Å². The van der Waals surface area contributed by atoms with E-state index in [9.17, 15) is 5.11 Å². The first-order valence-electron chi connectivity index (χ1n) is 4.92. The van der Waals surface area contributed by atoms with E-state index in [1.807, 2.05) is 29.6 Å². The lowest BCUT2D eigenvalue weighted by Crippen LogP contribution is -2.14. The number of benzene rings is 1. The Hall–Kier alpha value is -0.710. The summed E-state index contributed by atoms with van der Waals surface area (Å²) in [5.74, 6) is 0. The molecule has 0 aliphatic rings. The van der Waals surface area contributed by atoms with Crippen LogP contribution in [0.2, 0.25) is 0 Å². The summed E-state index contributed by atoms with van der Waals surface area (Å²) in [6, 6.07) is 7.94. The summed E-state index contributed by atoms with van der Waals surface area (Å²) in [5, 5.41) is 12.6. The number of hydrogen-bond acceptors (Lipinski definition) is 3. The molecule has 0 saturated carbocycles. The first kappa shape index (κ1) is 11.8. The number of aliphatic hydroxyl groups is 1. The maximum atomic E-state index is 9.85. The lowest BCUT2D eigenvalue weighted by atomic mass is 10.1. The third-order valence-corrected chi connectivity index (χ3v) is 4.02. The summed E-state index contributed by atoms with van der Waals surface area (Å²) in [5.41, 5.74) is 1.08. The highest BCUT2D eigenvalue weighted by Gasteiger charge is 2.20. The van der Waals surface area contributed by atoms with Crippen LogP contribution in [-0.4, -0.2) is 10.1 Å². The minimum Gasteiger partial charge on any atom is -0.383 e. The van der Waals surface area contributed by atoms with Crippen LogP contribution < -0.4 is 0 Å². The van der Waals surface area contributed by atoms with Crippen LogP contribution in [0.5, 0.6) is 0 Å². The van der Waals surface area contributed by atoms with Gasteiger partial charge < -0.3 is 5.11 Å². The predicted molar refractivity (Wildman–Crippen MR) is 70.5 cm³/mol. The minimum absolute atomic E-state index is 0.734. The van der Waals surface area contributed by atoms with Crippen molar-refractivity contribution in [2.45, 2.75) is 19.4 Å². The largest absolute Gasteiger partial charge is 0.383 e. The first-order chi connectivity index (χ1) is 7.48. The third kappa shape index (κ3) is 2.34. The Bertz CT molecular complexity index is 502. The van der Waals surface area contributed by atoms with E-state index in [1.165, 1.54) is 11.3 Å². The summed E-state index contributed by atoms with van der Waals surface area (Å²) in [6.45, 7) is 3.49. The monoisotopic (exact) mass is 297 g/mol. The molecule has 2 aromatic rings. The third-order valence-electron chi connectivity index (χ3n) is 2.18. The Kier molecular flexibility index (Phi) is 3.15. The highest BCUT2D eigenvalue weighted by Crippen LogP contribution is 2.32. The number of rotatable bonds is 2. The van der Waals surface area contributed by atoms with Crippen molar-refractivity contribution in [3.05, 3.63) is 39.1 Å². The molecule has 0 atom stereocenters. The SMILES string of the molecule is CC(C)(O)c1nc(-c2ccccc2Br)cs1. The van der Waals surface area contributed by atoms with E-state index in [1.54, 1.807) is 13.8 Å². The van der Waals surface area contributed by atoms with E-state index in [4.69, 9.17) is 0 Å². The van der Waals surface area contributed by atoms with Gasteiger partial charge in [-0.2, -0.15) is 0 Å². The topological polar surface area (TPSA) is 33.1 Å². The molecule has 2 rings (SSSR count). The second-order valence-corrected chi connectivity index (χ2v) is 5.79. The molecule has 2 nitrogen and oxygen atoms in total. The molecule has 0 aliphatic carbocycles. The molecular formula is C12H12BrNOS. The van der Waals surface area contributed by atoms with E-state index >= 15 is 0 Å². The molecule has 0 radical (unpaired) electrons. The average Bonchev–Trinajstić information content (AvgIpc) is 2.66. The predicted octanol–water partition coefficient (Wildman–Crippen LogP) is 3.80. The zero-order chi connectivity index (χ0) is 11.8. The van der Waals surface area contributed by atoms with Gasteiger partial charge in [0.1, 0.15) is 10.6 Å². The molecule has 0 aliphatic heterocycles. The lowest BCUT2D eigenvalue weighted by Gasteiger charge is -2.12. The van der Waals surface area contributed by atoms with E-state index in [0.29, 0.717) is 0 Å². The van der Waals surface area contributed by atoms with Crippen LogP contribution in [-0.2, 0) is 5.60 Å². The summed E-state index contributed by atoms with van der Waals surface area (Å²) in [6.07, 6.45) is 0. The fourth-order valence-electron chi connectivity index (χ4n) is 1.35. The lowest BCUT2D eigenvalue weighted by molar-refractivity contribution is 0.0783. The van der Waals surface area contributed by atoms with Crippen LogP contribution in [0.1, 0.15) is 18.9 Å². The van der Waals surface area contributed by atoms with Crippen LogP contribution >= 0.6 is 27.3 Å². The summed E-state index contributed by atoms with van der Waals surface area (Å²) in [4.78, 5) is 4.45. The Balaban J connectivity index is 2.44. The second-order valence-electron chi connectivity index (χ2n) is 4.08. The van der Waals surface area contributed by atoms with Gasteiger partial charge in [-0.25, -0.2) is 4.98 Å². The molecule has 16 heavy (non-hydrogen) atoms. The molecule has 1 heterocycles. The van der Waals surface area contributed by atoms with E-state index in [2.05, 4.69) is 20.9 Å². The Morgan fingerprint density at radius 3 is 2.56 bits per heavy atom. The number of nitrogens with zero attached hydrogens (tertiary/aromatic N) is 1. The molecule has 0 amide bonds. The van der Waals surface area contributed by atoms with Crippen molar-refractivity contribution in [2.24, 2.45) is 0 Å².